The second-order valence-corrected chi connectivity index (χ2v) is 10.7. The van der Waals surface area contributed by atoms with Crippen LogP contribution in [0.5, 0.6) is 5.75 Å². The summed E-state index contributed by atoms with van der Waals surface area (Å²) in [6.07, 6.45) is 7.17. The van der Waals surface area contributed by atoms with Gasteiger partial charge >= 0.3 is 5.97 Å². The molecule has 1 aliphatic rings. The highest BCUT2D eigenvalue weighted by molar-refractivity contribution is 7.99. The summed E-state index contributed by atoms with van der Waals surface area (Å²) in [6.45, 7) is 2.78. The van der Waals surface area contributed by atoms with Crippen molar-refractivity contribution in [3.63, 3.8) is 0 Å². The summed E-state index contributed by atoms with van der Waals surface area (Å²) < 4.78 is 22.9. The van der Waals surface area contributed by atoms with Gasteiger partial charge in [0.05, 0.1) is 30.2 Å². The Morgan fingerprint density at radius 1 is 1.31 bits per heavy atom. The number of pyridine rings is 1. The van der Waals surface area contributed by atoms with Crippen molar-refractivity contribution in [2.75, 3.05) is 32.5 Å². The van der Waals surface area contributed by atoms with Gasteiger partial charge in [-0.2, -0.15) is 0 Å². The van der Waals surface area contributed by atoms with E-state index in [2.05, 4.69) is 14.9 Å². The monoisotopic (exact) mass is 514 g/mol. The van der Waals surface area contributed by atoms with E-state index >= 15 is 4.39 Å². The standard InChI is InChI=1S/C27H35FN4O3S/c1-31-18-29-16-26(31)36-14-13-32-12-10-19(20(17-32)4-8-27(33)34)3-6-24(28)22-9-11-30-25-7-5-21(35-2)15-23(22)25/h5,7,9,11,15-16,18-20,24H,3-4,6,8,10,12-14,17H2,1-2H3,(H,33,34)/t19-,20-,24-/m1/s1. The van der Waals surface area contributed by atoms with E-state index < -0.39 is 12.1 Å². The molecular weight excluding hydrogens is 479 g/mol. The number of halogens is 1. The van der Waals surface area contributed by atoms with Gasteiger partial charge in [-0.3, -0.25) is 9.78 Å². The number of carbonyl (C=O) groups is 1. The second kappa shape index (κ2) is 12.5. The Kier molecular flexibility index (Phi) is 9.20. The summed E-state index contributed by atoms with van der Waals surface area (Å²) in [7, 11) is 3.59. The highest BCUT2D eigenvalue weighted by atomic mass is 32.2. The molecule has 3 atom stereocenters. The van der Waals surface area contributed by atoms with Gasteiger partial charge in [-0.25, -0.2) is 9.37 Å². The number of aryl methyl sites for hydroxylation is 1. The number of rotatable bonds is 12. The van der Waals surface area contributed by atoms with Crippen LogP contribution in [0.15, 0.2) is 48.0 Å². The Hall–Kier alpha value is -2.65. The lowest BCUT2D eigenvalue weighted by Gasteiger charge is -2.39. The number of carboxylic acids is 1. The van der Waals surface area contributed by atoms with E-state index in [9.17, 15) is 9.90 Å². The van der Waals surface area contributed by atoms with E-state index in [4.69, 9.17) is 4.74 Å². The van der Waals surface area contributed by atoms with Crippen LogP contribution >= 0.6 is 11.8 Å². The molecule has 0 saturated carbocycles. The molecule has 0 amide bonds. The van der Waals surface area contributed by atoms with Gasteiger partial charge < -0.3 is 19.3 Å². The number of likely N-dealkylation sites (tertiary alicyclic amines) is 1. The van der Waals surface area contributed by atoms with Crippen molar-refractivity contribution in [1.29, 1.82) is 0 Å². The number of thioether (sulfide) groups is 1. The Morgan fingerprint density at radius 3 is 2.92 bits per heavy atom. The highest BCUT2D eigenvalue weighted by Crippen LogP contribution is 2.36. The zero-order valence-electron chi connectivity index (χ0n) is 21.0. The molecule has 0 spiro atoms. The largest absolute Gasteiger partial charge is 0.497 e. The predicted molar refractivity (Wildman–Crippen MR) is 140 cm³/mol. The molecule has 1 fully saturated rings. The lowest BCUT2D eigenvalue weighted by atomic mass is 9.79. The number of hydrogen-bond acceptors (Lipinski definition) is 6. The van der Waals surface area contributed by atoms with Gasteiger partial charge in [0.1, 0.15) is 11.9 Å². The summed E-state index contributed by atoms with van der Waals surface area (Å²) in [5, 5.41) is 11.2. The molecule has 1 saturated heterocycles. The van der Waals surface area contributed by atoms with Crippen LogP contribution in [0, 0.1) is 11.8 Å². The molecule has 3 aromatic rings. The fourth-order valence-electron chi connectivity index (χ4n) is 5.20. The predicted octanol–water partition coefficient (Wildman–Crippen LogP) is 5.36. The molecule has 1 N–H and O–H groups in total. The number of piperidine rings is 1. The first-order chi connectivity index (χ1) is 17.4. The van der Waals surface area contributed by atoms with E-state index in [0.29, 0.717) is 30.1 Å². The highest BCUT2D eigenvalue weighted by Gasteiger charge is 2.30. The van der Waals surface area contributed by atoms with Gasteiger partial charge in [-0.05, 0) is 73.9 Å². The minimum Gasteiger partial charge on any atom is -0.497 e. The normalized spacial score (nSPS) is 19.4. The Labute approximate surface area is 216 Å². The number of benzene rings is 1. The maximum absolute atomic E-state index is 15.5. The first kappa shape index (κ1) is 26.4. The zero-order chi connectivity index (χ0) is 25.5. The number of imidazole rings is 1. The fraction of sp³-hybridized carbons (Fsp3) is 0.519. The molecule has 4 rings (SSSR count). The van der Waals surface area contributed by atoms with Crippen molar-refractivity contribution in [2.45, 2.75) is 43.3 Å². The molecule has 3 heterocycles. The van der Waals surface area contributed by atoms with Crippen LogP contribution in [0.25, 0.3) is 10.9 Å². The number of aromatic nitrogens is 3. The fourth-order valence-corrected chi connectivity index (χ4v) is 6.15. The third-order valence-corrected chi connectivity index (χ3v) is 8.32. The van der Waals surface area contributed by atoms with Crippen molar-refractivity contribution in [3.8, 4) is 5.75 Å². The molecule has 0 bridgehead atoms. The van der Waals surface area contributed by atoms with Crippen LogP contribution in [0.1, 0.15) is 43.8 Å². The van der Waals surface area contributed by atoms with Gasteiger partial charge in [0, 0.05) is 43.9 Å². The zero-order valence-corrected chi connectivity index (χ0v) is 21.8. The van der Waals surface area contributed by atoms with E-state index in [1.807, 2.05) is 36.0 Å². The Bertz CT molecular complexity index is 1160. The van der Waals surface area contributed by atoms with Crippen LogP contribution in [-0.4, -0.2) is 63.0 Å². The smallest absolute Gasteiger partial charge is 0.303 e. The Balaban J connectivity index is 1.36. The van der Waals surface area contributed by atoms with E-state index in [1.54, 1.807) is 37.5 Å². The summed E-state index contributed by atoms with van der Waals surface area (Å²) >= 11 is 1.78. The van der Waals surface area contributed by atoms with Crippen LogP contribution in [0.3, 0.4) is 0 Å². The number of aliphatic carboxylic acids is 1. The van der Waals surface area contributed by atoms with Gasteiger partial charge in [0.25, 0.3) is 0 Å². The third kappa shape index (κ3) is 6.76. The first-order valence-corrected chi connectivity index (χ1v) is 13.5. The Morgan fingerprint density at radius 2 is 2.17 bits per heavy atom. The summed E-state index contributed by atoms with van der Waals surface area (Å²) in [6, 6.07) is 7.30. The maximum atomic E-state index is 15.5. The number of ether oxygens (including phenoxy) is 1. The average Bonchev–Trinajstić information content (AvgIpc) is 3.30. The van der Waals surface area contributed by atoms with Crippen molar-refractivity contribution in [1.82, 2.24) is 19.4 Å². The number of carboxylic acid groups (broad SMARTS) is 1. The van der Waals surface area contributed by atoms with Crippen LogP contribution < -0.4 is 4.74 Å². The van der Waals surface area contributed by atoms with Gasteiger partial charge in [-0.15, -0.1) is 11.8 Å². The van der Waals surface area contributed by atoms with Crippen LogP contribution in [0.4, 0.5) is 4.39 Å². The lowest BCUT2D eigenvalue weighted by molar-refractivity contribution is -0.137. The van der Waals surface area contributed by atoms with E-state index in [0.717, 1.165) is 54.2 Å². The molecule has 0 radical (unpaired) electrons. The quantitative estimate of drug-likeness (QED) is 0.326. The number of fused-ring (bicyclic) bond motifs is 1. The summed E-state index contributed by atoms with van der Waals surface area (Å²) in [5.74, 6) is 1.47. The average molecular weight is 515 g/mol. The SMILES string of the molecule is COc1ccc2nccc([C@H](F)CC[C@@H]3CCN(CCSc4cncn4C)C[C@H]3CCC(=O)O)c2c1. The lowest BCUT2D eigenvalue weighted by Crippen LogP contribution is -2.41. The first-order valence-electron chi connectivity index (χ1n) is 12.5. The van der Waals surface area contributed by atoms with Crippen LogP contribution in [-0.2, 0) is 11.8 Å². The maximum Gasteiger partial charge on any atom is 0.303 e. The minimum atomic E-state index is -1.10. The minimum absolute atomic E-state index is 0.159. The number of alkyl halides is 1. The molecular formula is C27H35FN4O3S. The molecule has 36 heavy (non-hydrogen) atoms. The van der Waals surface area contributed by atoms with Crippen molar-refractivity contribution < 1.29 is 19.0 Å². The molecule has 0 unspecified atom stereocenters. The molecule has 1 aliphatic heterocycles. The summed E-state index contributed by atoms with van der Waals surface area (Å²) in [5.41, 5.74) is 1.40. The second-order valence-electron chi connectivity index (χ2n) is 9.56. The van der Waals surface area contributed by atoms with Gasteiger partial charge in [0.15, 0.2) is 0 Å². The number of methoxy groups -OCH3 is 1. The van der Waals surface area contributed by atoms with Gasteiger partial charge in [0.2, 0.25) is 0 Å². The molecule has 9 heteroatoms. The molecule has 1 aromatic carbocycles. The third-order valence-electron chi connectivity index (χ3n) is 7.25. The van der Waals surface area contributed by atoms with E-state index in [1.165, 1.54) is 0 Å². The van der Waals surface area contributed by atoms with Crippen molar-refractivity contribution in [2.24, 2.45) is 18.9 Å². The molecule has 0 aliphatic carbocycles. The number of nitrogens with zero attached hydrogens (tertiary/aromatic N) is 4. The van der Waals surface area contributed by atoms with Crippen molar-refractivity contribution >= 4 is 28.6 Å². The van der Waals surface area contributed by atoms with Crippen molar-refractivity contribution in [3.05, 3.63) is 48.5 Å². The molecule has 2 aromatic heterocycles. The number of hydrogen-bond donors (Lipinski definition) is 1. The van der Waals surface area contributed by atoms with Gasteiger partial charge in [-0.1, -0.05) is 0 Å². The molecule has 194 valence electrons. The molecule has 7 nitrogen and oxygen atoms in total. The summed E-state index contributed by atoms with van der Waals surface area (Å²) in [4.78, 5) is 22.3. The van der Waals surface area contributed by atoms with E-state index in [-0.39, 0.29) is 12.3 Å². The van der Waals surface area contributed by atoms with Crippen LogP contribution in [0.2, 0.25) is 0 Å². The topological polar surface area (TPSA) is 80.5 Å².